The van der Waals surface area contributed by atoms with Gasteiger partial charge < -0.3 is 0 Å². The molecule has 0 aliphatic carbocycles. The van der Waals surface area contributed by atoms with Gasteiger partial charge in [0.15, 0.2) is 0 Å². The van der Waals surface area contributed by atoms with Gasteiger partial charge in [-0.15, -0.1) is 0 Å². The van der Waals surface area contributed by atoms with Gasteiger partial charge in [-0.05, 0) is 36.9 Å². The molecule has 0 aliphatic rings. The molecule has 0 unspecified atom stereocenters. The first-order valence-corrected chi connectivity index (χ1v) is 6.61. The molecule has 0 aliphatic heterocycles. The van der Waals surface area contributed by atoms with Crippen molar-refractivity contribution in [3.05, 3.63) is 29.8 Å². The van der Waals surface area contributed by atoms with Crippen LogP contribution in [0, 0.1) is 6.92 Å². The molecule has 2 heteroatoms. The lowest BCUT2D eigenvalue weighted by molar-refractivity contribution is 0.662. The number of aryl methyl sites for hydroxylation is 1. The third-order valence-corrected chi connectivity index (χ3v) is 3.43. The summed E-state index contributed by atoms with van der Waals surface area (Å²) in [5.74, 6) is 0. The first-order valence-electron chi connectivity index (χ1n) is 5.80. The summed E-state index contributed by atoms with van der Waals surface area (Å²) in [6, 6.07) is 8.49. The molecule has 15 heavy (non-hydrogen) atoms. The predicted octanol–water partition coefficient (Wildman–Crippen LogP) is 4.17. The van der Waals surface area contributed by atoms with Crippen molar-refractivity contribution in [3.63, 3.8) is 0 Å². The Labute approximate surface area is 97.8 Å². The van der Waals surface area contributed by atoms with Gasteiger partial charge in [0, 0.05) is 11.4 Å². The van der Waals surface area contributed by atoms with E-state index in [4.69, 9.17) is 0 Å². The van der Waals surface area contributed by atoms with E-state index in [1.807, 2.05) is 0 Å². The molecular weight excluding hydrogens is 202 g/mol. The normalized spacial score (nSPS) is 10.5. The Morgan fingerprint density at radius 2 is 1.93 bits per heavy atom. The van der Waals surface area contributed by atoms with Crippen molar-refractivity contribution in [3.8, 4) is 0 Å². The van der Waals surface area contributed by atoms with Gasteiger partial charge in [-0.2, -0.15) is 0 Å². The number of hydrogen-bond acceptors (Lipinski definition) is 2. The molecule has 1 rings (SSSR count). The number of nitrogens with one attached hydrogen (secondary N) is 1. The molecule has 0 heterocycles. The van der Waals surface area contributed by atoms with Crippen LogP contribution < -0.4 is 4.72 Å². The van der Waals surface area contributed by atoms with Crippen LogP contribution in [0.2, 0.25) is 0 Å². The molecule has 1 aromatic carbocycles. The highest BCUT2D eigenvalue weighted by Gasteiger charge is 1.96. The monoisotopic (exact) mass is 223 g/mol. The SMILES string of the molecule is CCCCCCNSc1ccccc1C. The lowest BCUT2D eigenvalue weighted by atomic mass is 10.2. The zero-order valence-corrected chi connectivity index (χ0v) is 10.6. The second-order valence-corrected chi connectivity index (χ2v) is 4.76. The van der Waals surface area contributed by atoms with Gasteiger partial charge >= 0.3 is 0 Å². The van der Waals surface area contributed by atoms with Crippen LogP contribution in [0.3, 0.4) is 0 Å². The maximum absolute atomic E-state index is 3.42. The molecule has 0 spiro atoms. The standard InChI is InChI=1S/C13H21NS/c1-3-4-5-8-11-14-15-13-10-7-6-9-12(13)2/h6-7,9-10,14H,3-5,8,11H2,1-2H3. The summed E-state index contributed by atoms with van der Waals surface area (Å²) in [6.45, 7) is 5.51. The van der Waals surface area contributed by atoms with Crippen LogP contribution in [-0.2, 0) is 0 Å². The number of unbranched alkanes of at least 4 members (excludes halogenated alkanes) is 3. The Bertz CT molecular complexity index is 273. The van der Waals surface area contributed by atoms with Crippen molar-refractivity contribution in [1.82, 2.24) is 4.72 Å². The van der Waals surface area contributed by atoms with Crippen LogP contribution in [0.25, 0.3) is 0 Å². The maximum atomic E-state index is 3.42. The summed E-state index contributed by atoms with van der Waals surface area (Å²) < 4.78 is 3.42. The molecule has 0 aromatic heterocycles. The molecule has 1 N–H and O–H groups in total. The van der Waals surface area contributed by atoms with E-state index in [9.17, 15) is 0 Å². The summed E-state index contributed by atoms with van der Waals surface area (Å²) in [6.07, 6.45) is 5.30. The van der Waals surface area contributed by atoms with E-state index in [0.29, 0.717) is 0 Å². The minimum atomic E-state index is 1.11. The third-order valence-electron chi connectivity index (χ3n) is 2.41. The van der Waals surface area contributed by atoms with Crippen molar-refractivity contribution in [2.24, 2.45) is 0 Å². The second-order valence-electron chi connectivity index (χ2n) is 3.82. The highest BCUT2D eigenvalue weighted by Crippen LogP contribution is 2.18. The average molecular weight is 223 g/mol. The highest BCUT2D eigenvalue weighted by molar-refractivity contribution is 7.97. The number of hydrogen-bond donors (Lipinski definition) is 1. The van der Waals surface area contributed by atoms with Crippen LogP contribution >= 0.6 is 11.9 Å². The molecule has 0 saturated carbocycles. The van der Waals surface area contributed by atoms with E-state index in [-0.39, 0.29) is 0 Å². The molecule has 0 atom stereocenters. The molecule has 84 valence electrons. The zero-order chi connectivity index (χ0) is 10.9. The minimum absolute atomic E-state index is 1.11. The van der Waals surface area contributed by atoms with Crippen LogP contribution in [0.5, 0.6) is 0 Å². The summed E-state index contributed by atoms with van der Waals surface area (Å²) in [7, 11) is 0. The van der Waals surface area contributed by atoms with E-state index in [1.165, 1.54) is 36.1 Å². The quantitative estimate of drug-likeness (QED) is 0.550. The Morgan fingerprint density at radius 3 is 2.67 bits per heavy atom. The lowest BCUT2D eigenvalue weighted by Crippen LogP contribution is -2.05. The van der Waals surface area contributed by atoms with Crippen LogP contribution in [0.4, 0.5) is 0 Å². The van der Waals surface area contributed by atoms with E-state index in [0.717, 1.165) is 6.54 Å². The molecule has 0 radical (unpaired) electrons. The van der Waals surface area contributed by atoms with Crippen molar-refractivity contribution in [1.29, 1.82) is 0 Å². The molecule has 0 bridgehead atoms. The second kappa shape index (κ2) is 7.77. The fourth-order valence-corrected chi connectivity index (χ4v) is 2.20. The fourth-order valence-electron chi connectivity index (χ4n) is 1.42. The predicted molar refractivity (Wildman–Crippen MR) is 69.2 cm³/mol. The molecule has 0 fully saturated rings. The van der Waals surface area contributed by atoms with E-state index in [2.05, 4.69) is 42.8 Å². The Morgan fingerprint density at radius 1 is 1.13 bits per heavy atom. The number of benzene rings is 1. The summed E-state index contributed by atoms with van der Waals surface area (Å²) in [5, 5.41) is 0. The Hall–Kier alpha value is -0.470. The van der Waals surface area contributed by atoms with E-state index >= 15 is 0 Å². The van der Waals surface area contributed by atoms with Gasteiger partial charge in [0.05, 0.1) is 0 Å². The summed E-state index contributed by atoms with van der Waals surface area (Å²) in [5.41, 5.74) is 1.35. The van der Waals surface area contributed by atoms with Gasteiger partial charge in [0.1, 0.15) is 0 Å². The molecular formula is C13H21NS. The third kappa shape index (κ3) is 5.24. The van der Waals surface area contributed by atoms with Crippen molar-refractivity contribution < 1.29 is 0 Å². The molecule has 1 nitrogen and oxygen atoms in total. The smallest absolute Gasteiger partial charge is 0.0257 e. The van der Waals surface area contributed by atoms with E-state index < -0.39 is 0 Å². The van der Waals surface area contributed by atoms with Crippen LogP contribution in [0.15, 0.2) is 29.2 Å². The number of rotatable bonds is 7. The van der Waals surface area contributed by atoms with Gasteiger partial charge in [0.2, 0.25) is 0 Å². The van der Waals surface area contributed by atoms with Crippen molar-refractivity contribution in [2.45, 2.75) is 44.4 Å². The van der Waals surface area contributed by atoms with Gasteiger partial charge in [-0.3, -0.25) is 4.72 Å². The van der Waals surface area contributed by atoms with Crippen molar-refractivity contribution in [2.75, 3.05) is 6.54 Å². The maximum Gasteiger partial charge on any atom is 0.0257 e. The Kier molecular flexibility index (Phi) is 6.53. The molecule has 0 saturated heterocycles. The summed E-state index contributed by atoms with van der Waals surface area (Å²) >= 11 is 1.76. The lowest BCUT2D eigenvalue weighted by Gasteiger charge is -2.06. The average Bonchev–Trinajstić information content (AvgIpc) is 2.25. The topological polar surface area (TPSA) is 12.0 Å². The fraction of sp³-hybridized carbons (Fsp3) is 0.538. The van der Waals surface area contributed by atoms with Crippen molar-refractivity contribution >= 4 is 11.9 Å². The Balaban J connectivity index is 2.12. The highest BCUT2D eigenvalue weighted by atomic mass is 32.2. The first kappa shape index (κ1) is 12.6. The first-order chi connectivity index (χ1) is 7.34. The minimum Gasteiger partial charge on any atom is -0.260 e. The van der Waals surface area contributed by atoms with E-state index in [1.54, 1.807) is 11.9 Å². The molecule has 1 aromatic rings. The van der Waals surface area contributed by atoms with Crippen LogP contribution in [-0.4, -0.2) is 6.54 Å². The van der Waals surface area contributed by atoms with Gasteiger partial charge in [-0.25, -0.2) is 0 Å². The van der Waals surface area contributed by atoms with Gasteiger partial charge in [-0.1, -0.05) is 44.4 Å². The molecule has 0 amide bonds. The largest absolute Gasteiger partial charge is 0.260 e. The van der Waals surface area contributed by atoms with Gasteiger partial charge in [0.25, 0.3) is 0 Å². The summed E-state index contributed by atoms with van der Waals surface area (Å²) in [4.78, 5) is 1.34. The van der Waals surface area contributed by atoms with Crippen LogP contribution in [0.1, 0.15) is 38.2 Å². The zero-order valence-electron chi connectivity index (χ0n) is 9.75.